The molecule has 72 valence electrons. The summed E-state index contributed by atoms with van der Waals surface area (Å²) < 4.78 is 5.10. The first-order valence-electron chi connectivity index (χ1n) is 4.47. The molecule has 1 saturated carbocycles. The van der Waals surface area contributed by atoms with E-state index in [2.05, 4.69) is 5.16 Å². The summed E-state index contributed by atoms with van der Waals surface area (Å²) in [5.41, 5.74) is 1.39. The lowest BCUT2D eigenvalue weighted by Gasteiger charge is -1.99. The number of hydrogen-bond acceptors (Lipinski definition) is 3. The van der Waals surface area contributed by atoms with Crippen LogP contribution in [0.2, 0.25) is 0 Å². The third kappa shape index (κ3) is 1.02. The van der Waals surface area contributed by atoms with Crippen LogP contribution in [0, 0.1) is 0 Å². The van der Waals surface area contributed by atoms with Crippen molar-refractivity contribution in [2.45, 2.75) is 17.7 Å². The highest BCUT2D eigenvalue weighted by atomic mass is 35.5. The van der Waals surface area contributed by atoms with Crippen LogP contribution in [0.3, 0.4) is 0 Å². The Hall–Kier alpha value is -1.22. The minimum absolute atomic E-state index is 0.180. The number of nitrogens with zero attached hydrogens (tertiary/aromatic N) is 1. The minimum Gasteiger partial charge on any atom is -0.508 e. The van der Waals surface area contributed by atoms with E-state index in [1.54, 1.807) is 18.2 Å². The average Bonchev–Trinajstić information content (AvgIpc) is 2.77. The fraction of sp³-hybridized carbons (Fsp3) is 0.300. The number of benzene rings is 1. The Labute approximate surface area is 85.3 Å². The van der Waals surface area contributed by atoms with E-state index in [1.807, 2.05) is 0 Å². The van der Waals surface area contributed by atoms with Gasteiger partial charge in [0.25, 0.3) is 0 Å². The molecule has 0 atom stereocenters. The molecule has 14 heavy (non-hydrogen) atoms. The fourth-order valence-electron chi connectivity index (χ4n) is 1.60. The number of fused-ring (bicyclic) bond motifs is 1. The lowest BCUT2D eigenvalue weighted by molar-refractivity contribution is 0.439. The number of phenols is 1. The van der Waals surface area contributed by atoms with Crippen LogP contribution in [0.4, 0.5) is 0 Å². The Balaban J connectivity index is 2.27. The number of hydrogen-bond donors (Lipinski definition) is 1. The van der Waals surface area contributed by atoms with Gasteiger partial charge in [0, 0.05) is 11.5 Å². The van der Waals surface area contributed by atoms with E-state index in [4.69, 9.17) is 16.1 Å². The van der Waals surface area contributed by atoms with Gasteiger partial charge in [0.05, 0.1) is 4.87 Å². The Morgan fingerprint density at radius 1 is 1.43 bits per heavy atom. The van der Waals surface area contributed by atoms with Crippen molar-refractivity contribution in [2.75, 3.05) is 0 Å². The van der Waals surface area contributed by atoms with Crippen LogP contribution in [0.1, 0.15) is 18.5 Å². The van der Waals surface area contributed by atoms with E-state index in [-0.39, 0.29) is 10.6 Å². The number of phenolic OH excluding ortho intramolecular Hbond substituents is 1. The van der Waals surface area contributed by atoms with Crippen molar-refractivity contribution in [3.05, 3.63) is 23.9 Å². The van der Waals surface area contributed by atoms with Crippen molar-refractivity contribution >= 4 is 22.6 Å². The molecule has 0 unspecified atom stereocenters. The zero-order valence-electron chi connectivity index (χ0n) is 7.33. The highest BCUT2D eigenvalue weighted by Crippen LogP contribution is 2.53. The number of alkyl halides is 1. The summed E-state index contributed by atoms with van der Waals surface area (Å²) in [4.78, 5) is -0.317. The van der Waals surface area contributed by atoms with E-state index in [0.717, 1.165) is 23.9 Å². The molecule has 1 aromatic carbocycles. The summed E-state index contributed by atoms with van der Waals surface area (Å²) in [5.74, 6) is 0.180. The fourth-order valence-corrected chi connectivity index (χ4v) is 1.83. The van der Waals surface area contributed by atoms with Crippen LogP contribution in [-0.4, -0.2) is 10.3 Å². The van der Waals surface area contributed by atoms with E-state index >= 15 is 0 Å². The van der Waals surface area contributed by atoms with Crippen LogP contribution in [-0.2, 0) is 4.87 Å². The van der Waals surface area contributed by atoms with Crippen molar-refractivity contribution in [2.24, 2.45) is 0 Å². The smallest absolute Gasteiger partial charge is 0.170 e. The second kappa shape index (κ2) is 2.42. The van der Waals surface area contributed by atoms with Gasteiger partial charge in [0.1, 0.15) is 11.4 Å². The Kier molecular flexibility index (Phi) is 1.40. The summed E-state index contributed by atoms with van der Waals surface area (Å²) in [6.07, 6.45) is 1.88. The second-order valence-corrected chi connectivity index (χ2v) is 4.40. The number of aromatic nitrogens is 1. The molecule has 0 aliphatic heterocycles. The van der Waals surface area contributed by atoms with E-state index in [0.29, 0.717) is 5.58 Å². The zero-order chi connectivity index (χ0) is 9.76. The summed E-state index contributed by atoms with van der Waals surface area (Å²) in [6.45, 7) is 0. The van der Waals surface area contributed by atoms with Gasteiger partial charge in [0.2, 0.25) is 0 Å². The number of aromatic hydroxyl groups is 1. The van der Waals surface area contributed by atoms with Crippen LogP contribution in [0.15, 0.2) is 22.7 Å². The van der Waals surface area contributed by atoms with E-state index in [1.165, 1.54) is 0 Å². The molecule has 0 radical (unpaired) electrons. The number of halogens is 1. The normalized spacial score (nSPS) is 18.6. The van der Waals surface area contributed by atoms with Gasteiger partial charge in [-0.15, -0.1) is 11.6 Å². The molecule has 3 rings (SSSR count). The van der Waals surface area contributed by atoms with E-state index in [9.17, 15) is 5.11 Å². The Bertz CT molecular complexity index is 502. The van der Waals surface area contributed by atoms with Gasteiger partial charge in [0.15, 0.2) is 5.58 Å². The average molecular weight is 210 g/mol. The SMILES string of the molecule is Oc1ccc2c(C3(Cl)CC3)noc2c1. The van der Waals surface area contributed by atoms with Crippen molar-refractivity contribution in [3.8, 4) is 5.75 Å². The van der Waals surface area contributed by atoms with Crippen LogP contribution >= 0.6 is 11.6 Å². The molecule has 2 aromatic rings. The molecule has 1 N–H and O–H groups in total. The molecule has 1 aliphatic carbocycles. The molecule has 1 heterocycles. The molecular formula is C10H8ClNO2. The minimum atomic E-state index is -0.317. The predicted molar refractivity (Wildman–Crippen MR) is 52.4 cm³/mol. The largest absolute Gasteiger partial charge is 0.508 e. The topological polar surface area (TPSA) is 46.3 Å². The first kappa shape index (κ1) is 8.12. The molecule has 1 aliphatic rings. The lowest BCUT2D eigenvalue weighted by Crippen LogP contribution is -1.95. The summed E-state index contributed by atoms with van der Waals surface area (Å²) >= 11 is 6.24. The highest BCUT2D eigenvalue weighted by Gasteiger charge is 2.46. The molecule has 0 saturated heterocycles. The first-order chi connectivity index (χ1) is 6.69. The summed E-state index contributed by atoms with van der Waals surface area (Å²) in [5, 5.41) is 14.1. The van der Waals surface area contributed by atoms with Crippen LogP contribution < -0.4 is 0 Å². The van der Waals surface area contributed by atoms with Crippen molar-refractivity contribution in [3.63, 3.8) is 0 Å². The zero-order valence-corrected chi connectivity index (χ0v) is 8.08. The molecule has 3 nitrogen and oxygen atoms in total. The van der Waals surface area contributed by atoms with Gasteiger partial charge in [-0.05, 0) is 25.0 Å². The summed E-state index contributed by atoms with van der Waals surface area (Å²) in [6, 6.07) is 4.96. The maximum atomic E-state index is 9.24. The van der Waals surface area contributed by atoms with Gasteiger partial charge < -0.3 is 9.63 Å². The summed E-state index contributed by atoms with van der Waals surface area (Å²) in [7, 11) is 0. The molecule has 1 aromatic heterocycles. The van der Waals surface area contributed by atoms with Crippen molar-refractivity contribution in [1.29, 1.82) is 0 Å². The molecule has 0 spiro atoms. The molecule has 0 bridgehead atoms. The highest BCUT2D eigenvalue weighted by molar-refractivity contribution is 6.26. The van der Waals surface area contributed by atoms with Crippen molar-refractivity contribution < 1.29 is 9.63 Å². The van der Waals surface area contributed by atoms with Crippen molar-refractivity contribution in [1.82, 2.24) is 5.16 Å². The second-order valence-electron chi connectivity index (χ2n) is 3.68. The van der Waals surface area contributed by atoms with E-state index < -0.39 is 0 Å². The van der Waals surface area contributed by atoms with Gasteiger partial charge >= 0.3 is 0 Å². The molecule has 0 amide bonds. The standard InChI is InChI=1S/C10H8ClNO2/c11-10(3-4-10)9-7-2-1-6(13)5-8(7)14-12-9/h1-2,5,13H,3-4H2. The molecule has 1 fully saturated rings. The molecule has 4 heteroatoms. The predicted octanol–water partition coefficient (Wildman–Crippen LogP) is 2.76. The van der Waals surface area contributed by atoms with Crippen LogP contribution in [0.5, 0.6) is 5.75 Å². The van der Waals surface area contributed by atoms with Gasteiger partial charge in [-0.3, -0.25) is 0 Å². The van der Waals surface area contributed by atoms with Crippen LogP contribution in [0.25, 0.3) is 11.0 Å². The monoisotopic (exact) mass is 209 g/mol. The quantitative estimate of drug-likeness (QED) is 0.735. The molecular weight excluding hydrogens is 202 g/mol. The first-order valence-corrected chi connectivity index (χ1v) is 4.85. The Morgan fingerprint density at radius 2 is 2.21 bits per heavy atom. The third-order valence-electron chi connectivity index (χ3n) is 2.57. The maximum absolute atomic E-state index is 9.24. The van der Waals surface area contributed by atoms with Gasteiger partial charge in [-0.2, -0.15) is 0 Å². The maximum Gasteiger partial charge on any atom is 0.170 e. The third-order valence-corrected chi connectivity index (χ3v) is 3.13. The van der Waals surface area contributed by atoms with Gasteiger partial charge in [-0.1, -0.05) is 5.16 Å². The Morgan fingerprint density at radius 3 is 2.93 bits per heavy atom. The van der Waals surface area contributed by atoms with Gasteiger partial charge in [-0.25, -0.2) is 0 Å². The number of rotatable bonds is 1. The lowest BCUT2D eigenvalue weighted by atomic mass is 10.1.